The third-order valence-corrected chi connectivity index (χ3v) is 3.29. The van der Waals surface area contributed by atoms with E-state index in [9.17, 15) is 4.79 Å². The van der Waals surface area contributed by atoms with Crippen molar-refractivity contribution in [3.8, 4) is 0 Å². The molecule has 104 valence electrons. The van der Waals surface area contributed by atoms with Gasteiger partial charge in [0.2, 0.25) is 0 Å². The second kappa shape index (κ2) is 5.91. The van der Waals surface area contributed by atoms with Gasteiger partial charge in [-0.1, -0.05) is 48.6 Å². The van der Waals surface area contributed by atoms with Crippen LogP contribution < -0.4 is 0 Å². The Balaban J connectivity index is 2.38. The minimum atomic E-state index is -0.223. The van der Waals surface area contributed by atoms with Crippen LogP contribution in [0.2, 0.25) is 0 Å². The quantitative estimate of drug-likeness (QED) is 0.609. The molecule has 20 heavy (non-hydrogen) atoms. The van der Waals surface area contributed by atoms with Gasteiger partial charge in [0.1, 0.15) is 6.10 Å². The van der Waals surface area contributed by atoms with E-state index in [0.717, 1.165) is 27.9 Å². The molecule has 1 aromatic rings. The molecule has 0 amide bonds. The van der Waals surface area contributed by atoms with E-state index in [1.165, 1.54) is 0 Å². The van der Waals surface area contributed by atoms with Crippen LogP contribution in [0.1, 0.15) is 26.3 Å². The molecule has 0 fully saturated rings. The predicted molar refractivity (Wildman–Crippen MR) is 81.3 cm³/mol. The molecule has 2 heteroatoms. The Kier molecular flexibility index (Phi) is 4.23. The van der Waals surface area contributed by atoms with Gasteiger partial charge >= 0.3 is 5.97 Å². The number of esters is 1. The van der Waals surface area contributed by atoms with Gasteiger partial charge in [-0.05, 0) is 31.9 Å². The summed E-state index contributed by atoms with van der Waals surface area (Å²) in [6.07, 6.45) is 2.37. The highest BCUT2D eigenvalue weighted by atomic mass is 16.5. The van der Waals surface area contributed by atoms with Gasteiger partial charge < -0.3 is 4.74 Å². The minimum Gasteiger partial charge on any atom is -0.454 e. The lowest BCUT2D eigenvalue weighted by Gasteiger charge is -2.09. The zero-order valence-corrected chi connectivity index (χ0v) is 12.3. The van der Waals surface area contributed by atoms with Crippen LogP contribution in [0.3, 0.4) is 0 Å². The first-order valence-electron chi connectivity index (χ1n) is 6.81. The summed E-state index contributed by atoms with van der Waals surface area (Å²) in [6.45, 7) is 10.0. The van der Waals surface area contributed by atoms with Gasteiger partial charge in [0.05, 0.1) is 0 Å². The molecule has 1 unspecified atom stereocenters. The van der Waals surface area contributed by atoms with E-state index in [4.69, 9.17) is 4.74 Å². The average molecular weight is 268 g/mol. The molecular formula is C18H20O2. The number of rotatable bonds is 4. The number of hydrogen-bond acceptors (Lipinski definition) is 2. The van der Waals surface area contributed by atoms with Gasteiger partial charge in [-0.3, -0.25) is 0 Å². The molecule has 0 aromatic heterocycles. The monoisotopic (exact) mass is 268 g/mol. The standard InChI is InChI=1S/C18H20O2/c1-12(2)10-13(3)17-14(4)20-18(19)16(17)11-15-8-6-5-7-9-15/h5-10,14H,3,11H2,1-2,4H3. The highest BCUT2D eigenvalue weighted by molar-refractivity contribution is 5.94. The fraction of sp³-hybridized carbons (Fsp3) is 0.278. The Hall–Kier alpha value is -2.09. The Morgan fingerprint density at radius 2 is 1.95 bits per heavy atom. The van der Waals surface area contributed by atoms with Gasteiger partial charge in [-0.2, -0.15) is 0 Å². The molecule has 0 bridgehead atoms. The number of benzene rings is 1. The zero-order valence-electron chi connectivity index (χ0n) is 12.3. The molecular weight excluding hydrogens is 248 g/mol. The molecule has 1 aromatic carbocycles. The van der Waals surface area contributed by atoms with E-state index in [-0.39, 0.29) is 12.1 Å². The summed E-state index contributed by atoms with van der Waals surface area (Å²) < 4.78 is 5.36. The van der Waals surface area contributed by atoms with E-state index in [0.29, 0.717) is 6.42 Å². The van der Waals surface area contributed by atoms with Gasteiger partial charge in [-0.15, -0.1) is 0 Å². The van der Waals surface area contributed by atoms with Crippen LogP contribution in [0, 0.1) is 0 Å². The summed E-state index contributed by atoms with van der Waals surface area (Å²) >= 11 is 0. The molecule has 0 spiro atoms. The van der Waals surface area contributed by atoms with Crippen LogP contribution in [0.25, 0.3) is 0 Å². The fourth-order valence-corrected chi connectivity index (χ4v) is 2.49. The van der Waals surface area contributed by atoms with Crippen LogP contribution in [0.15, 0.2) is 65.3 Å². The van der Waals surface area contributed by atoms with Crippen molar-refractivity contribution < 1.29 is 9.53 Å². The van der Waals surface area contributed by atoms with Crippen molar-refractivity contribution in [2.24, 2.45) is 0 Å². The van der Waals surface area contributed by atoms with E-state index in [2.05, 4.69) is 6.58 Å². The van der Waals surface area contributed by atoms with Gasteiger partial charge in [0.25, 0.3) is 0 Å². The number of cyclic esters (lactones) is 1. The second-order valence-electron chi connectivity index (χ2n) is 5.35. The summed E-state index contributed by atoms with van der Waals surface area (Å²) in [5.41, 5.74) is 4.80. The first kappa shape index (κ1) is 14.3. The summed E-state index contributed by atoms with van der Waals surface area (Å²) in [4.78, 5) is 12.0. The number of ether oxygens (including phenoxy) is 1. The van der Waals surface area contributed by atoms with E-state index < -0.39 is 0 Å². The Morgan fingerprint density at radius 1 is 1.30 bits per heavy atom. The van der Waals surface area contributed by atoms with Crippen molar-refractivity contribution in [2.45, 2.75) is 33.3 Å². The van der Waals surface area contributed by atoms with Crippen LogP contribution in [-0.4, -0.2) is 12.1 Å². The third-order valence-electron chi connectivity index (χ3n) is 3.29. The molecule has 0 radical (unpaired) electrons. The molecule has 0 saturated carbocycles. The predicted octanol–water partition coefficient (Wildman–Crippen LogP) is 3.99. The number of carbonyl (C=O) groups is 1. The average Bonchev–Trinajstić information content (AvgIpc) is 2.64. The van der Waals surface area contributed by atoms with E-state index >= 15 is 0 Å². The largest absolute Gasteiger partial charge is 0.454 e. The normalized spacial score (nSPS) is 17.9. The maximum atomic E-state index is 12.0. The lowest BCUT2D eigenvalue weighted by Crippen LogP contribution is -2.06. The highest BCUT2D eigenvalue weighted by Crippen LogP contribution is 2.31. The van der Waals surface area contributed by atoms with Gasteiger partial charge in [-0.25, -0.2) is 4.79 Å². The molecule has 2 nitrogen and oxygen atoms in total. The smallest absolute Gasteiger partial charge is 0.335 e. The SMILES string of the molecule is C=C(C=C(C)C)C1=C(Cc2ccccc2)C(=O)OC1C. The minimum absolute atomic E-state index is 0.218. The van der Waals surface area contributed by atoms with Crippen molar-refractivity contribution in [1.82, 2.24) is 0 Å². The Labute approximate surface area is 120 Å². The molecule has 1 atom stereocenters. The fourth-order valence-electron chi connectivity index (χ4n) is 2.49. The number of carbonyl (C=O) groups excluding carboxylic acids is 1. The van der Waals surface area contributed by atoms with Gasteiger partial charge in [0.15, 0.2) is 0 Å². The van der Waals surface area contributed by atoms with Crippen molar-refractivity contribution in [2.75, 3.05) is 0 Å². The summed E-state index contributed by atoms with van der Waals surface area (Å²) in [5.74, 6) is -0.223. The molecule has 2 rings (SSSR count). The van der Waals surface area contributed by atoms with Crippen LogP contribution in [-0.2, 0) is 16.0 Å². The lowest BCUT2D eigenvalue weighted by atomic mass is 9.93. The van der Waals surface area contributed by atoms with Crippen molar-refractivity contribution in [3.05, 3.63) is 70.8 Å². The summed E-state index contributed by atoms with van der Waals surface area (Å²) in [7, 11) is 0. The third kappa shape index (κ3) is 3.08. The van der Waals surface area contributed by atoms with Crippen LogP contribution in [0.5, 0.6) is 0 Å². The summed E-state index contributed by atoms with van der Waals surface area (Å²) in [6, 6.07) is 9.96. The Bertz CT molecular complexity index is 587. The molecule has 0 N–H and O–H groups in total. The zero-order chi connectivity index (χ0) is 14.7. The summed E-state index contributed by atoms with van der Waals surface area (Å²) in [5, 5.41) is 0. The van der Waals surface area contributed by atoms with Crippen LogP contribution >= 0.6 is 0 Å². The first-order valence-corrected chi connectivity index (χ1v) is 6.81. The van der Waals surface area contributed by atoms with Gasteiger partial charge in [0, 0.05) is 17.6 Å². The van der Waals surface area contributed by atoms with E-state index in [1.54, 1.807) is 0 Å². The molecule has 0 saturated heterocycles. The highest BCUT2D eigenvalue weighted by Gasteiger charge is 2.31. The molecule has 1 aliphatic heterocycles. The van der Waals surface area contributed by atoms with E-state index in [1.807, 2.05) is 57.2 Å². The van der Waals surface area contributed by atoms with Crippen molar-refractivity contribution in [3.63, 3.8) is 0 Å². The molecule has 1 heterocycles. The number of hydrogen-bond donors (Lipinski definition) is 0. The van der Waals surface area contributed by atoms with Crippen molar-refractivity contribution >= 4 is 5.97 Å². The number of allylic oxidation sites excluding steroid dienone is 2. The molecule has 1 aliphatic rings. The van der Waals surface area contributed by atoms with Crippen LogP contribution in [0.4, 0.5) is 0 Å². The maximum Gasteiger partial charge on any atom is 0.335 e. The second-order valence-corrected chi connectivity index (χ2v) is 5.35. The first-order chi connectivity index (χ1) is 9.49. The van der Waals surface area contributed by atoms with Crippen molar-refractivity contribution in [1.29, 1.82) is 0 Å². The lowest BCUT2D eigenvalue weighted by molar-refractivity contribution is -0.139. The Morgan fingerprint density at radius 3 is 2.55 bits per heavy atom. The molecule has 0 aliphatic carbocycles. The maximum absolute atomic E-state index is 12.0. The topological polar surface area (TPSA) is 26.3 Å².